The highest BCUT2D eigenvalue weighted by Gasteiger charge is 2.35. The fraction of sp³-hybridized carbons (Fsp3) is 0.318. The molecule has 7 heteroatoms. The zero-order chi connectivity index (χ0) is 20.2. The molecule has 2 aliphatic rings. The average Bonchev–Trinajstić information content (AvgIpc) is 3.17. The fourth-order valence-corrected chi connectivity index (χ4v) is 3.63. The molecular weight excluding hydrogens is 370 g/mol. The molecule has 1 N–H and O–H groups in total. The van der Waals surface area contributed by atoms with E-state index in [4.69, 9.17) is 4.74 Å². The molecule has 2 aliphatic heterocycles. The van der Waals surface area contributed by atoms with Crippen molar-refractivity contribution in [1.82, 2.24) is 4.90 Å². The summed E-state index contributed by atoms with van der Waals surface area (Å²) in [5.41, 5.74) is 1.99. The van der Waals surface area contributed by atoms with Crippen LogP contribution in [0.15, 0.2) is 54.6 Å². The smallest absolute Gasteiger partial charge is 0.254 e. The number of carbonyl (C=O) groups is 3. The average molecular weight is 393 g/mol. The standard InChI is InChI=1S/C22H23N3O4/c26-20-14-17(15-25(20)19-4-2-1-3-5-19)21(27)23-18-8-6-16(7-9-18)22(28)24-10-12-29-13-11-24/h1-9,17H,10-15H2,(H,23,27). The zero-order valence-corrected chi connectivity index (χ0v) is 16.0. The molecule has 2 aromatic rings. The van der Waals surface area contributed by atoms with Gasteiger partial charge in [-0.15, -0.1) is 0 Å². The largest absolute Gasteiger partial charge is 0.378 e. The Morgan fingerprint density at radius 2 is 1.66 bits per heavy atom. The van der Waals surface area contributed by atoms with Crippen LogP contribution in [0, 0.1) is 5.92 Å². The molecule has 2 heterocycles. The summed E-state index contributed by atoms with van der Waals surface area (Å²) in [6.07, 6.45) is 0.189. The molecule has 2 aromatic carbocycles. The number of carbonyl (C=O) groups excluding carboxylic acids is 3. The van der Waals surface area contributed by atoms with Gasteiger partial charge >= 0.3 is 0 Å². The highest BCUT2D eigenvalue weighted by Crippen LogP contribution is 2.26. The molecule has 2 saturated heterocycles. The summed E-state index contributed by atoms with van der Waals surface area (Å²) in [5, 5.41) is 2.86. The zero-order valence-electron chi connectivity index (χ0n) is 16.0. The van der Waals surface area contributed by atoms with Crippen LogP contribution in [0.3, 0.4) is 0 Å². The maximum absolute atomic E-state index is 12.6. The summed E-state index contributed by atoms with van der Waals surface area (Å²) in [4.78, 5) is 40.8. The third kappa shape index (κ3) is 4.30. The summed E-state index contributed by atoms with van der Waals surface area (Å²) in [6, 6.07) is 16.2. The molecule has 0 aliphatic carbocycles. The summed E-state index contributed by atoms with van der Waals surface area (Å²) in [5.74, 6) is -0.685. The number of rotatable bonds is 4. The molecule has 0 radical (unpaired) electrons. The highest BCUT2D eigenvalue weighted by atomic mass is 16.5. The van der Waals surface area contributed by atoms with Gasteiger partial charge in [-0.2, -0.15) is 0 Å². The van der Waals surface area contributed by atoms with E-state index in [2.05, 4.69) is 5.32 Å². The topological polar surface area (TPSA) is 79.0 Å². The van der Waals surface area contributed by atoms with Crippen LogP contribution < -0.4 is 10.2 Å². The Morgan fingerprint density at radius 3 is 2.34 bits per heavy atom. The Bertz CT molecular complexity index is 892. The maximum atomic E-state index is 12.6. The molecule has 1 unspecified atom stereocenters. The number of hydrogen-bond acceptors (Lipinski definition) is 4. The minimum Gasteiger partial charge on any atom is -0.378 e. The predicted molar refractivity (Wildman–Crippen MR) is 109 cm³/mol. The third-order valence-corrected chi connectivity index (χ3v) is 5.26. The second-order valence-corrected chi connectivity index (χ2v) is 7.21. The summed E-state index contributed by atoms with van der Waals surface area (Å²) in [7, 11) is 0. The van der Waals surface area contributed by atoms with Crippen LogP contribution in [0.2, 0.25) is 0 Å². The van der Waals surface area contributed by atoms with Crippen LogP contribution in [0.5, 0.6) is 0 Å². The van der Waals surface area contributed by atoms with Crippen molar-refractivity contribution < 1.29 is 19.1 Å². The third-order valence-electron chi connectivity index (χ3n) is 5.26. The normalized spacial score (nSPS) is 19.3. The van der Waals surface area contributed by atoms with E-state index >= 15 is 0 Å². The Kier molecular flexibility index (Phi) is 5.57. The second kappa shape index (κ2) is 8.45. The number of anilines is 2. The summed E-state index contributed by atoms with van der Waals surface area (Å²) in [6.45, 7) is 2.65. The molecular formula is C22H23N3O4. The SMILES string of the molecule is O=C(Nc1ccc(C(=O)N2CCOCC2)cc1)C1CC(=O)N(c2ccccc2)C1. The lowest BCUT2D eigenvalue weighted by Gasteiger charge is -2.26. The predicted octanol–water partition coefficient (Wildman–Crippen LogP) is 2.15. The first-order chi connectivity index (χ1) is 14.1. The fourth-order valence-electron chi connectivity index (χ4n) is 3.63. The molecule has 7 nitrogen and oxygen atoms in total. The van der Waals surface area contributed by atoms with Crippen molar-refractivity contribution in [2.24, 2.45) is 5.92 Å². The number of ether oxygens (including phenoxy) is 1. The van der Waals surface area contributed by atoms with Crippen LogP contribution in [0.4, 0.5) is 11.4 Å². The monoisotopic (exact) mass is 393 g/mol. The first kappa shape index (κ1) is 19.1. The molecule has 150 valence electrons. The number of nitrogens with zero attached hydrogens (tertiary/aromatic N) is 2. The lowest BCUT2D eigenvalue weighted by molar-refractivity contribution is -0.122. The second-order valence-electron chi connectivity index (χ2n) is 7.21. The highest BCUT2D eigenvalue weighted by molar-refractivity contribution is 6.03. The van der Waals surface area contributed by atoms with E-state index in [1.165, 1.54) is 0 Å². The number of benzene rings is 2. The van der Waals surface area contributed by atoms with Crippen LogP contribution in [0.1, 0.15) is 16.8 Å². The Balaban J connectivity index is 1.36. The van der Waals surface area contributed by atoms with Crippen molar-refractivity contribution in [1.29, 1.82) is 0 Å². The summed E-state index contributed by atoms with van der Waals surface area (Å²) < 4.78 is 5.27. The lowest BCUT2D eigenvalue weighted by Crippen LogP contribution is -2.40. The first-order valence-corrected chi connectivity index (χ1v) is 9.75. The summed E-state index contributed by atoms with van der Waals surface area (Å²) >= 11 is 0. The van der Waals surface area contributed by atoms with Crippen molar-refractivity contribution in [3.8, 4) is 0 Å². The van der Waals surface area contributed by atoms with Crippen molar-refractivity contribution in [3.63, 3.8) is 0 Å². The Hall–Kier alpha value is -3.19. The van der Waals surface area contributed by atoms with Crippen molar-refractivity contribution in [3.05, 3.63) is 60.2 Å². The van der Waals surface area contributed by atoms with Gasteiger partial charge in [0.2, 0.25) is 11.8 Å². The van der Waals surface area contributed by atoms with E-state index in [9.17, 15) is 14.4 Å². The van der Waals surface area contributed by atoms with Gasteiger partial charge in [0.05, 0.1) is 19.1 Å². The molecule has 2 fully saturated rings. The van der Waals surface area contributed by atoms with Gasteiger partial charge in [0.25, 0.3) is 5.91 Å². The number of para-hydroxylation sites is 1. The maximum Gasteiger partial charge on any atom is 0.254 e. The Morgan fingerprint density at radius 1 is 0.966 bits per heavy atom. The number of nitrogens with one attached hydrogen (secondary N) is 1. The van der Waals surface area contributed by atoms with Crippen LogP contribution in [0.25, 0.3) is 0 Å². The van der Waals surface area contributed by atoms with E-state index in [0.29, 0.717) is 44.1 Å². The minimum atomic E-state index is -0.405. The molecule has 0 bridgehead atoms. The molecule has 4 rings (SSSR count). The van der Waals surface area contributed by atoms with Crippen molar-refractivity contribution in [2.45, 2.75) is 6.42 Å². The van der Waals surface area contributed by atoms with E-state index in [1.807, 2.05) is 30.3 Å². The number of morpholine rings is 1. The number of amides is 3. The van der Waals surface area contributed by atoms with Gasteiger partial charge in [-0.1, -0.05) is 18.2 Å². The lowest BCUT2D eigenvalue weighted by atomic mass is 10.1. The molecule has 1 atom stereocenters. The number of hydrogen-bond donors (Lipinski definition) is 1. The molecule has 3 amide bonds. The van der Waals surface area contributed by atoms with E-state index in [-0.39, 0.29) is 24.1 Å². The van der Waals surface area contributed by atoms with Crippen LogP contribution >= 0.6 is 0 Å². The van der Waals surface area contributed by atoms with Gasteiger partial charge in [-0.25, -0.2) is 0 Å². The van der Waals surface area contributed by atoms with Gasteiger partial charge in [0, 0.05) is 43.0 Å². The van der Waals surface area contributed by atoms with E-state index in [0.717, 1.165) is 5.69 Å². The van der Waals surface area contributed by atoms with Gasteiger partial charge < -0.3 is 19.9 Å². The van der Waals surface area contributed by atoms with Gasteiger partial charge in [0.1, 0.15) is 0 Å². The van der Waals surface area contributed by atoms with Gasteiger partial charge in [-0.05, 0) is 36.4 Å². The first-order valence-electron chi connectivity index (χ1n) is 9.75. The molecule has 0 aromatic heterocycles. The minimum absolute atomic E-state index is 0.0360. The molecule has 0 spiro atoms. The Labute approximate surface area is 169 Å². The quantitative estimate of drug-likeness (QED) is 0.863. The van der Waals surface area contributed by atoms with Gasteiger partial charge in [0.15, 0.2) is 0 Å². The van der Waals surface area contributed by atoms with Crippen molar-refractivity contribution in [2.75, 3.05) is 43.1 Å². The molecule has 29 heavy (non-hydrogen) atoms. The van der Waals surface area contributed by atoms with Crippen LogP contribution in [-0.4, -0.2) is 55.5 Å². The van der Waals surface area contributed by atoms with Gasteiger partial charge in [-0.3, -0.25) is 14.4 Å². The van der Waals surface area contributed by atoms with Crippen LogP contribution in [-0.2, 0) is 14.3 Å². The van der Waals surface area contributed by atoms with E-state index < -0.39 is 5.92 Å². The molecule has 0 saturated carbocycles. The van der Waals surface area contributed by atoms with E-state index in [1.54, 1.807) is 34.1 Å². The van der Waals surface area contributed by atoms with Crippen molar-refractivity contribution >= 4 is 29.1 Å².